The Morgan fingerprint density at radius 2 is 2.16 bits per heavy atom. The van der Waals surface area contributed by atoms with Gasteiger partial charge in [0.15, 0.2) is 0 Å². The molecule has 1 fully saturated rings. The van der Waals surface area contributed by atoms with E-state index in [0.717, 1.165) is 6.42 Å². The normalized spacial score (nSPS) is 22.2. The number of aliphatic hydroxyl groups excluding tert-OH is 1. The van der Waals surface area contributed by atoms with Gasteiger partial charge in [-0.25, -0.2) is 0 Å². The molecule has 0 spiro atoms. The van der Waals surface area contributed by atoms with E-state index < -0.39 is 0 Å². The van der Waals surface area contributed by atoms with Crippen molar-refractivity contribution in [3.63, 3.8) is 0 Å². The van der Waals surface area contributed by atoms with E-state index >= 15 is 0 Å². The molecule has 112 valence electrons. The fraction of sp³-hybridized carbons (Fsp3) is 0.933. The van der Waals surface area contributed by atoms with Crippen LogP contribution >= 0.6 is 0 Å². The SMILES string of the molecule is CC1(C)CCCCC1CC(=O)NCCCOCCO. The Labute approximate surface area is 116 Å². The Hall–Kier alpha value is -0.610. The second kappa shape index (κ2) is 8.54. The topological polar surface area (TPSA) is 58.6 Å². The van der Waals surface area contributed by atoms with Crippen molar-refractivity contribution in [3.8, 4) is 0 Å². The van der Waals surface area contributed by atoms with Crippen LogP contribution in [0.15, 0.2) is 0 Å². The molecule has 1 aliphatic carbocycles. The van der Waals surface area contributed by atoms with Gasteiger partial charge >= 0.3 is 0 Å². The Bertz CT molecular complexity index is 266. The lowest BCUT2D eigenvalue weighted by molar-refractivity contribution is -0.123. The minimum Gasteiger partial charge on any atom is -0.394 e. The van der Waals surface area contributed by atoms with E-state index in [0.29, 0.717) is 37.5 Å². The van der Waals surface area contributed by atoms with E-state index in [1.807, 2.05) is 0 Å². The van der Waals surface area contributed by atoms with Crippen LogP contribution in [0.3, 0.4) is 0 Å². The van der Waals surface area contributed by atoms with E-state index in [1.54, 1.807) is 0 Å². The molecule has 0 saturated heterocycles. The molecular weight excluding hydrogens is 242 g/mol. The number of hydrogen-bond acceptors (Lipinski definition) is 3. The summed E-state index contributed by atoms with van der Waals surface area (Å²) in [6.07, 6.45) is 6.44. The molecule has 0 heterocycles. The molecular formula is C15H29NO3. The molecule has 1 unspecified atom stereocenters. The van der Waals surface area contributed by atoms with E-state index in [9.17, 15) is 4.79 Å². The maximum Gasteiger partial charge on any atom is 0.220 e. The van der Waals surface area contributed by atoms with Crippen LogP contribution in [0.25, 0.3) is 0 Å². The molecule has 1 amide bonds. The van der Waals surface area contributed by atoms with Crippen molar-refractivity contribution < 1.29 is 14.6 Å². The van der Waals surface area contributed by atoms with Crippen molar-refractivity contribution in [2.75, 3.05) is 26.4 Å². The number of amides is 1. The molecule has 1 saturated carbocycles. The summed E-state index contributed by atoms with van der Waals surface area (Å²) in [5, 5.41) is 11.5. The Morgan fingerprint density at radius 3 is 2.84 bits per heavy atom. The van der Waals surface area contributed by atoms with E-state index in [1.165, 1.54) is 25.7 Å². The van der Waals surface area contributed by atoms with Crippen LogP contribution in [0.1, 0.15) is 52.4 Å². The highest BCUT2D eigenvalue weighted by molar-refractivity contribution is 5.76. The van der Waals surface area contributed by atoms with Crippen LogP contribution in [-0.4, -0.2) is 37.4 Å². The second-order valence-electron chi connectivity index (χ2n) is 6.17. The largest absolute Gasteiger partial charge is 0.394 e. The average Bonchev–Trinajstić information content (AvgIpc) is 2.36. The lowest BCUT2D eigenvalue weighted by atomic mass is 9.67. The first-order valence-electron chi connectivity index (χ1n) is 7.51. The fourth-order valence-corrected chi connectivity index (χ4v) is 2.81. The fourth-order valence-electron chi connectivity index (χ4n) is 2.81. The summed E-state index contributed by atoms with van der Waals surface area (Å²) in [6, 6.07) is 0. The monoisotopic (exact) mass is 271 g/mol. The summed E-state index contributed by atoms with van der Waals surface area (Å²) < 4.78 is 5.15. The van der Waals surface area contributed by atoms with Crippen LogP contribution in [0.5, 0.6) is 0 Å². The van der Waals surface area contributed by atoms with Crippen molar-refractivity contribution in [2.24, 2.45) is 11.3 Å². The van der Waals surface area contributed by atoms with Gasteiger partial charge < -0.3 is 15.2 Å². The number of aliphatic hydroxyl groups is 1. The predicted octanol–water partition coefficient (Wildman–Crippen LogP) is 2.11. The van der Waals surface area contributed by atoms with E-state index in [2.05, 4.69) is 19.2 Å². The van der Waals surface area contributed by atoms with Crippen molar-refractivity contribution in [1.82, 2.24) is 5.32 Å². The molecule has 2 N–H and O–H groups in total. The Balaban J connectivity index is 2.13. The van der Waals surface area contributed by atoms with Crippen LogP contribution in [0.4, 0.5) is 0 Å². The molecule has 19 heavy (non-hydrogen) atoms. The average molecular weight is 271 g/mol. The number of hydrogen-bond donors (Lipinski definition) is 2. The second-order valence-corrected chi connectivity index (χ2v) is 6.17. The molecule has 0 aliphatic heterocycles. The Kier molecular flexibility index (Phi) is 7.39. The van der Waals surface area contributed by atoms with Crippen LogP contribution in [-0.2, 0) is 9.53 Å². The standard InChI is InChI=1S/C15H29NO3/c1-15(2)7-4-3-6-13(15)12-14(18)16-8-5-10-19-11-9-17/h13,17H,3-12H2,1-2H3,(H,16,18). The molecule has 1 aliphatic rings. The van der Waals surface area contributed by atoms with Gasteiger partial charge in [0, 0.05) is 19.6 Å². The maximum absolute atomic E-state index is 11.9. The molecule has 0 bridgehead atoms. The van der Waals surface area contributed by atoms with E-state index in [-0.39, 0.29) is 12.5 Å². The minimum atomic E-state index is 0.0587. The zero-order valence-electron chi connectivity index (χ0n) is 12.4. The maximum atomic E-state index is 11.9. The molecule has 4 nitrogen and oxygen atoms in total. The summed E-state index contributed by atoms with van der Waals surface area (Å²) in [5.41, 5.74) is 0.305. The van der Waals surface area contributed by atoms with Gasteiger partial charge in [-0.05, 0) is 30.6 Å². The van der Waals surface area contributed by atoms with Crippen LogP contribution in [0, 0.1) is 11.3 Å². The number of rotatable bonds is 8. The lowest BCUT2D eigenvalue weighted by Crippen LogP contribution is -2.34. The van der Waals surface area contributed by atoms with Crippen molar-refractivity contribution in [2.45, 2.75) is 52.4 Å². The summed E-state index contributed by atoms with van der Waals surface area (Å²) in [4.78, 5) is 11.9. The first kappa shape index (κ1) is 16.4. The quantitative estimate of drug-likeness (QED) is 0.665. The third-order valence-electron chi connectivity index (χ3n) is 4.18. The van der Waals surface area contributed by atoms with Gasteiger partial charge in [-0.1, -0.05) is 26.7 Å². The molecule has 4 heteroatoms. The summed E-state index contributed by atoms with van der Waals surface area (Å²) in [7, 11) is 0. The van der Waals surface area contributed by atoms with Gasteiger partial charge in [-0.2, -0.15) is 0 Å². The number of carbonyl (C=O) groups excluding carboxylic acids is 1. The zero-order chi connectivity index (χ0) is 14.1. The van der Waals surface area contributed by atoms with Crippen LogP contribution in [0.2, 0.25) is 0 Å². The van der Waals surface area contributed by atoms with Gasteiger partial charge in [0.2, 0.25) is 5.91 Å². The highest BCUT2D eigenvalue weighted by Gasteiger charge is 2.33. The third kappa shape index (κ3) is 6.39. The van der Waals surface area contributed by atoms with Crippen molar-refractivity contribution in [1.29, 1.82) is 0 Å². The van der Waals surface area contributed by atoms with Crippen LogP contribution < -0.4 is 5.32 Å². The first-order valence-corrected chi connectivity index (χ1v) is 7.51. The molecule has 0 aromatic rings. The Morgan fingerprint density at radius 1 is 1.37 bits per heavy atom. The van der Waals surface area contributed by atoms with Gasteiger partial charge in [-0.3, -0.25) is 4.79 Å². The molecule has 1 atom stereocenters. The molecule has 1 rings (SSSR count). The molecule has 0 radical (unpaired) electrons. The summed E-state index contributed by atoms with van der Waals surface area (Å²) >= 11 is 0. The van der Waals surface area contributed by atoms with Gasteiger partial charge in [0.1, 0.15) is 0 Å². The number of carbonyl (C=O) groups is 1. The lowest BCUT2D eigenvalue weighted by Gasteiger charge is -2.38. The highest BCUT2D eigenvalue weighted by atomic mass is 16.5. The zero-order valence-corrected chi connectivity index (χ0v) is 12.4. The number of nitrogens with one attached hydrogen (secondary N) is 1. The van der Waals surface area contributed by atoms with E-state index in [4.69, 9.17) is 9.84 Å². The molecule has 0 aromatic carbocycles. The van der Waals surface area contributed by atoms with Gasteiger partial charge in [-0.15, -0.1) is 0 Å². The number of ether oxygens (including phenoxy) is 1. The van der Waals surface area contributed by atoms with Gasteiger partial charge in [0.25, 0.3) is 0 Å². The highest BCUT2D eigenvalue weighted by Crippen LogP contribution is 2.42. The summed E-state index contributed by atoms with van der Waals surface area (Å²) in [5.74, 6) is 0.689. The predicted molar refractivity (Wildman–Crippen MR) is 75.9 cm³/mol. The molecule has 0 aromatic heterocycles. The summed E-state index contributed by atoms with van der Waals surface area (Å²) in [6.45, 7) is 6.26. The first-order chi connectivity index (χ1) is 9.06. The van der Waals surface area contributed by atoms with Gasteiger partial charge in [0.05, 0.1) is 13.2 Å². The minimum absolute atomic E-state index is 0.0587. The van der Waals surface area contributed by atoms with Crippen molar-refractivity contribution >= 4 is 5.91 Å². The third-order valence-corrected chi connectivity index (χ3v) is 4.18. The van der Waals surface area contributed by atoms with Crippen molar-refractivity contribution in [3.05, 3.63) is 0 Å². The smallest absolute Gasteiger partial charge is 0.220 e.